The minimum atomic E-state index is -1.63. The van der Waals surface area contributed by atoms with Crippen LogP contribution in [0.3, 0.4) is 0 Å². The molecule has 184 valence electrons. The highest BCUT2D eigenvalue weighted by molar-refractivity contribution is 5.89. The number of nitrogens with two attached hydrogens (primary N) is 2. The number of benzene rings is 2. The van der Waals surface area contributed by atoms with E-state index in [2.05, 4.69) is 16.0 Å². The number of aliphatic hydroxyl groups is 1. The third kappa shape index (κ3) is 7.17. The van der Waals surface area contributed by atoms with Crippen molar-refractivity contribution in [3.63, 3.8) is 0 Å². The first-order valence-corrected chi connectivity index (χ1v) is 10.7. The summed E-state index contributed by atoms with van der Waals surface area (Å²) in [6.45, 7) is 1.65. The predicted octanol–water partition coefficient (Wildman–Crippen LogP) is -1.01. The van der Waals surface area contributed by atoms with Crippen LogP contribution in [0, 0.1) is 0 Å². The van der Waals surface area contributed by atoms with Crippen LogP contribution < -0.4 is 27.4 Å². The van der Waals surface area contributed by atoms with Gasteiger partial charge in [0, 0.05) is 24.7 Å². The van der Waals surface area contributed by atoms with Crippen LogP contribution in [-0.2, 0) is 20.8 Å². The molecule has 2 aromatic rings. The largest absolute Gasteiger partial charge is 0.508 e. The molecule has 0 heterocycles. The van der Waals surface area contributed by atoms with Crippen molar-refractivity contribution < 1.29 is 29.7 Å². The molecule has 0 spiro atoms. The quantitative estimate of drug-likeness (QED) is 0.179. The summed E-state index contributed by atoms with van der Waals surface area (Å²) in [6, 6.07) is 7.76. The first kappa shape index (κ1) is 26.6. The molecule has 0 saturated carbocycles. The van der Waals surface area contributed by atoms with Crippen LogP contribution in [0.1, 0.15) is 24.2 Å². The third-order valence-corrected chi connectivity index (χ3v) is 5.01. The van der Waals surface area contributed by atoms with E-state index in [0.29, 0.717) is 29.5 Å². The van der Waals surface area contributed by atoms with Crippen molar-refractivity contribution in [2.75, 3.05) is 19.6 Å². The maximum Gasteiger partial charge on any atom is 0.245 e. The Morgan fingerprint density at radius 3 is 2.35 bits per heavy atom. The SMILES string of the molecule is CC(N)Cc1cc(-c2ccc(O)c(C(O)C(NC(=O)CNC=O)C(=O)NCCN)c2)ccc1O. The van der Waals surface area contributed by atoms with Crippen LogP contribution in [-0.4, -0.2) is 65.3 Å². The van der Waals surface area contributed by atoms with Crippen molar-refractivity contribution in [3.8, 4) is 22.6 Å². The summed E-state index contributed by atoms with van der Waals surface area (Å²) in [4.78, 5) is 35.2. The second-order valence-corrected chi connectivity index (χ2v) is 7.87. The second kappa shape index (κ2) is 12.5. The maximum absolute atomic E-state index is 12.6. The molecule has 3 atom stereocenters. The van der Waals surface area contributed by atoms with Crippen molar-refractivity contribution in [1.29, 1.82) is 0 Å². The van der Waals surface area contributed by atoms with Gasteiger partial charge < -0.3 is 42.7 Å². The summed E-state index contributed by atoms with van der Waals surface area (Å²) < 4.78 is 0. The van der Waals surface area contributed by atoms with Gasteiger partial charge in [-0.25, -0.2) is 0 Å². The lowest BCUT2D eigenvalue weighted by atomic mass is 9.94. The Balaban J connectivity index is 2.41. The number of rotatable bonds is 12. The number of carbonyl (C=O) groups excluding carboxylic acids is 3. The molecule has 0 aromatic heterocycles. The Morgan fingerprint density at radius 2 is 1.74 bits per heavy atom. The normalized spacial score (nSPS) is 13.4. The monoisotopic (exact) mass is 473 g/mol. The molecule has 0 radical (unpaired) electrons. The van der Waals surface area contributed by atoms with Crippen LogP contribution in [0.4, 0.5) is 0 Å². The molecule has 0 saturated heterocycles. The third-order valence-electron chi connectivity index (χ3n) is 5.01. The highest BCUT2D eigenvalue weighted by Crippen LogP contribution is 2.33. The van der Waals surface area contributed by atoms with Crippen LogP contribution in [0.15, 0.2) is 36.4 Å². The highest BCUT2D eigenvalue weighted by Gasteiger charge is 2.31. The molecule has 0 bridgehead atoms. The lowest BCUT2D eigenvalue weighted by Crippen LogP contribution is -2.52. The zero-order chi connectivity index (χ0) is 25.3. The zero-order valence-corrected chi connectivity index (χ0v) is 18.8. The lowest BCUT2D eigenvalue weighted by Gasteiger charge is -2.25. The van der Waals surface area contributed by atoms with E-state index in [1.807, 2.05) is 6.92 Å². The first-order valence-electron chi connectivity index (χ1n) is 10.7. The van der Waals surface area contributed by atoms with Gasteiger partial charge in [-0.1, -0.05) is 12.1 Å². The number of nitrogens with one attached hydrogen (secondary N) is 3. The van der Waals surface area contributed by atoms with Crippen LogP contribution in [0.2, 0.25) is 0 Å². The molecule has 34 heavy (non-hydrogen) atoms. The summed E-state index contributed by atoms with van der Waals surface area (Å²) >= 11 is 0. The van der Waals surface area contributed by atoms with E-state index in [1.165, 1.54) is 18.2 Å². The fraction of sp³-hybridized carbons (Fsp3) is 0.348. The molecule has 3 amide bonds. The molecule has 3 unspecified atom stereocenters. The molecule has 11 heteroatoms. The van der Waals surface area contributed by atoms with Gasteiger partial charge in [-0.05, 0) is 54.3 Å². The van der Waals surface area contributed by atoms with Gasteiger partial charge in [0.25, 0.3) is 0 Å². The molecule has 0 aliphatic carbocycles. The Bertz CT molecular complexity index is 1010. The predicted molar refractivity (Wildman–Crippen MR) is 126 cm³/mol. The van der Waals surface area contributed by atoms with E-state index in [4.69, 9.17) is 11.5 Å². The highest BCUT2D eigenvalue weighted by atomic mass is 16.3. The van der Waals surface area contributed by atoms with Crippen molar-refractivity contribution in [2.24, 2.45) is 11.5 Å². The fourth-order valence-corrected chi connectivity index (χ4v) is 3.38. The van der Waals surface area contributed by atoms with E-state index in [-0.39, 0.29) is 36.2 Å². The van der Waals surface area contributed by atoms with Crippen LogP contribution in [0.5, 0.6) is 11.5 Å². The number of hydrogen-bond acceptors (Lipinski definition) is 8. The van der Waals surface area contributed by atoms with E-state index in [1.54, 1.807) is 18.2 Å². The minimum Gasteiger partial charge on any atom is -0.508 e. The fourth-order valence-electron chi connectivity index (χ4n) is 3.38. The summed E-state index contributed by atoms with van der Waals surface area (Å²) in [5.74, 6) is -1.62. The number of amides is 3. The van der Waals surface area contributed by atoms with E-state index in [0.717, 1.165) is 0 Å². The average molecular weight is 474 g/mol. The van der Waals surface area contributed by atoms with Crippen molar-refractivity contribution in [3.05, 3.63) is 47.5 Å². The van der Waals surface area contributed by atoms with Gasteiger partial charge in [0.05, 0.1) is 6.54 Å². The van der Waals surface area contributed by atoms with Gasteiger partial charge in [0.15, 0.2) is 0 Å². The summed E-state index contributed by atoms with van der Waals surface area (Å²) in [5.41, 5.74) is 13.2. The summed E-state index contributed by atoms with van der Waals surface area (Å²) in [5, 5.41) is 38.5. The Labute approximate surface area is 197 Å². The smallest absolute Gasteiger partial charge is 0.245 e. The molecule has 2 rings (SSSR count). The average Bonchev–Trinajstić information content (AvgIpc) is 2.80. The summed E-state index contributed by atoms with van der Waals surface area (Å²) in [6.07, 6.45) is -0.859. The van der Waals surface area contributed by atoms with E-state index in [9.17, 15) is 29.7 Å². The molecule has 11 nitrogen and oxygen atoms in total. The Morgan fingerprint density at radius 1 is 1.09 bits per heavy atom. The number of hydrogen-bond donors (Lipinski definition) is 8. The maximum atomic E-state index is 12.6. The molecule has 0 aliphatic heterocycles. The number of aliphatic hydroxyl groups excluding tert-OH is 1. The number of aromatic hydroxyl groups is 2. The van der Waals surface area contributed by atoms with Crippen LogP contribution in [0.25, 0.3) is 11.1 Å². The number of phenols is 2. The van der Waals surface area contributed by atoms with Crippen molar-refractivity contribution in [1.82, 2.24) is 16.0 Å². The van der Waals surface area contributed by atoms with Gasteiger partial charge in [-0.3, -0.25) is 14.4 Å². The topological polar surface area (TPSA) is 200 Å². The number of carbonyl (C=O) groups is 3. The molecule has 10 N–H and O–H groups in total. The molecule has 0 aliphatic rings. The van der Waals surface area contributed by atoms with Gasteiger partial charge in [-0.2, -0.15) is 0 Å². The molecular weight excluding hydrogens is 442 g/mol. The summed E-state index contributed by atoms with van der Waals surface area (Å²) in [7, 11) is 0. The van der Waals surface area contributed by atoms with Gasteiger partial charge >= 0.3 is 0 Å². The van der Waals surface area contributed by atoms with Crippen molar-refractivity contribution >= 4 is 18.2 Å². The standard InChI is InChI=1S/C23H31N5O6/c1-13(25)8-16-9-14(2-4-18(16)30)15-3-5-19(31)17(10-15)22(33)21(23(34)27-7-6-24)28-20(32)11-26-12-29/h2-5,9-10,12-13,21-22,30-31,33H,6-8,11,24-25H2,1H3,(H,26,29)(H,27,34)(H,28,32). The first-order chi connectivity index (χ1) is 16.2. The van der Waals surface area contributed by atoms with Crippen LogP contribution >= 0.6 is 0 Å². The molecule has 2 aromatic carbocycles. The van der Waals surface area contributed by atoms with Gasteiger partial charge in [-0.15, -0.1) is 0 Å². The lowest BCUT2D eigenvalue weighted by molar-refractivity contribution is -0.131. The van der Waals surface area contributed by atoms with E-state index < -0.39 is 30.5 Å². The Kier molecular flexibility index (Phi) is 9.80. The number of phenolic OH excluding ortho intramolecular Hbond substituents is 2. The molecular formula is C23H31N5O6. The Hall–Kier alpha value is -3.67. The van der Waals surface area contributed by atoms with E-state index >= 15 is 0 Å². The molecule has 0 fully saturated rings. The van der Waals surface area contributed by atoms with Gasteiger partial charge in [0.2, 0.25) is 18.2 Å². The van der Waals surface area contributed by atoms with Gasteiger partial charge in [0.1, 0.15) is 23.6 Å². The second-order valence-electron chi connectivity index (χ2n) is 7.87. The zero-order valence-electron chi connectivity index (χ0n) is 18.8. The minimum absolute atomic E-state index is 0.00383. The van der Waals surface area contributed by atoms with Crippen molar-refractivity contribution in [2.45, 2.75) is 31.5 Å².